The smallest absolute Gasteiger partial charge is 0.274 e. The van der Waals surface area contributed by atoms with Crippen LogP contribution in [-0.4, -0.2) is 15.7 Å². The van der Waals surface area contributed by atoms with Crippen molar-refractivity contribution in [2.45, 2.75) is 26.2 Å². The predicted octanol–water partition coefficient (Wildman–Crippen LogP) is 3.76. The molecular formula is C15H17ClFN3O. The summed E-state index contributed by atoms with van der Waals surface area (Å²) in [5, 5.41) is 6.80. The number of hydrogen-bond acceptors (Lipinski definition) is 2. The van der Waals surface area contributed by atoms with Gasteiger partial charge in [-0.3, -0.25) is 9.48 Å². The van der Waals surface area contributed by atoms with Gasteiger partial charge in [0, 0.05) is 12.5 Å². The molecular weight excluding hydrogens is 293 g/mol. The summed E-state index contributed by atoms with van der Waals surface area (Å²) in [6.45, 7) is 6.02. The van der Waals surface area contributed by atoms with Crippen molar-refractivity contribution < 1.29 is 9.18 Å². The van der Waals surface area contributed by atoms with Gasteiger partial charge in [-0.25, -0.2) is 4.39 Å². The SMILES string of the molecule is Cn1nc(C(C)(C)C)cc1C(=O)Nc1cccc(Cl)c1F. The fourth-order valence-electron chi connectivity index (χ4n) is 1.83. The molecule has 0 saturated carbocycles. The van der Waals surface area contributed by atoms with Crippen LogP contribution in [0.2, 0.25) is 5.02 Å². The lowest BCUT2D eigenvalue weighted by atomic mass is 9.92. The van der Waals surface area contributed by atoms with Crippen LogP contribution in [0, 0.1) is 5.82 Å². The molecule has 1 aromatic heterocycles. The molecule has 6 heteroatoms. The van der Waals surface area contributed by atoms with E-state index in [4.69, 9.17) is 11.6 Å². The highest BCUT2D eigenvalue weighted by molar-refractivity contribution is 6.31. The van der Waals surface area contributed by atoms with Gasteiger partial charge < -0.3 is 5.32 Å². The number of amides is 1. The van der Waals surface area contributed by atoms with Gasteiger partial charge in [-0.05, 0) is 18.2 Å². The first kappa shape index (κ1) is 15.5. The molecule has 2 rings (SSSR count). The lowest BCUT2D eigenvalue weighted by Gasteiger charge is -2.13. The summed E-state index contributed by atoms with van der Waals surface area (Å²) < 4.78 is 15.3. The van der Waals surface area contributed by atoms with Crippen LogP contribution >= 0.6 is 11.6 Å². The van der Waals surface area contributed by atoms with Crippen LogP contribution in [0.25, 0.3) is 0 Å². The van der Waals surface area contributed by atoms with E-state index in [9.17, 15) is 9.18 Å². The lowest BCUT2D eigenvalue weighted by molar-refractivity contribution is 0.101. The minimum Gasteiger partial charge on any atom is -0.318 e. The summed E-state index contributed by atoms with van der Waals surface area (Å²) in [7, 11) is 1.68. The molecule has 0 bridgehead atoms. The van der Waals surface area contributed by atoms with Gasteiger partial charge >= 0.3 is 0 Å². The van der Waals surface area contributed by atoms with Gasteiger partial charge in [0.2, 0.25) is 0 Å². The van der Waals surface area contributed by atoms with Gasteiger partial charge in [0.15, 0.2) is 5.82 Å². The lowest BCUT2D eigenvalue weighted by Crippen LogP contribution is -2.16. The molecule has 0 aliphatic heterocycles. The van der Waals surface area contributed by atoms with Crippen molar-refractivity contribution in [2.75, 3.05) is 5.32 Å². The maximum absolute atomic E-state index is 13.8. The Morgan fingerprint density at radius 1 is 1.38 bits per heavy atom. The minimum absolute atomic E-state index is 0.0341. The number of anilines is 1. The summed E-state index contributed by atoms with van der Waals surface area (Å²) in [4.78, 5) is 12.3. The van der Waals surface area contributed by atoms with Crippen molar-refractivity contribution in [3.8, 4) is 0 Å². The van der Waals surface area contributed by atoms with Crippen LogP contribution in [0.4, 0.5) is 10.1 Å². The second-order valence-corrected chi connectivity index (χ2v) is 6.25. The molecule has 1 aromatic carbocycles. The highest BCUT2D eigenvalue weighted by atomic mass is 35.5. The molecule has 1 amide bonds. The van der Waals surface area contributed by atoms with E-state index in [0.29, 0.717) is 5.69 Å². The molecule has 0 aliphatic carbocycles. The van der Waals surface area contributed by atoms with Crippen molar-refractivity contribution >= 4 is 23.2 Å². The molecule has 4 nitrogen and oxygen atoms in total. The van der Waals surface area contributed by atoms with Gasteiger partial charge in [0.25, 0.3) is 5.91 Å². The molecule has 21 heavy (non-hydrogen) atoms. The van der Waals surface area contributed by atoms with E-state index in [2.05, 4.69) is 10.4 Å². The van der Waals surface area contributed by atoms with Crippen LogP contribution < -0.4 is 5.32 Å². The molecule has 0 unspecified atom stereocenters. The maximum atomic E-state index is 13.8. The molecule has 0 fully saturated rings. The number of nitrogens with one attached hydrogen (secondary N) is 1. The van der Waals surface area contributed by atoms with Crippen molar-refractivity contribution in [2.24, 2.45) is 7.05 Å². The molecule has 112 valence electrons. The standard InChI is InChI=1S/C15H17ClFN3O/c1-15(2,3)12-8-11(20(4)19-12)14(21)18-10-7-5-6-9(16)13(10)17/h5-8H,1-4H3,(H,18,21). The van der Waals surface area contributed by atoms with Gasteiger partial charge in [-0.2, -0.15) is 5.10 Å². The van der Waals surface area contributed by atoms with E-state index in [-0.39, 0.29) is 16.1 Å². The number of benzene rings is 1. The second-order valence-electron chi connectivity index (χ2n) is 5.84. The van der Waals surface area contributed by atoms with E-state index in [0.717, 1.165) is 5.69 Å². The van der Waals surface area contributed by atoms with Crippen LogP contribution in [0.15, 0.2) is 24.3 Å². The summed E-state index contributed by atoms with van der Waals surface area (Å²) in [6.07, 6.45) is 0. The summed E-state index contributed by atoms with van der Waals surface area (Å²) in [5.41, 5.74) is 1.03. The number of nitrogens with zero attached hydrogens (tertiary/aromatic N) is 2. The van der Waals surface area contributed by atoms with E-state index < -0.39 is 11.7 Å². The average molecular weight is 310 g/mol. The molecule has 0 saturated heterocycles. The number of rotatable bonds is 2. The fraction of sp³-hybridized carbons (Fsp3) is 0.333. The highest BCUT2D eigenvalue weighted by Gasteiger charge is 2.22. The van der Waals surface area contributed by atoms with E-state index in [1.165, 1.54) is 16.8 Å². The van der Waals surface area contributed by atoms with Crippen LogP contribution in [0.3, 0.4) is 0 Å². The molecule has 1 N–H and O–H groups in total. The largest absolute Gasteiger partial charge is 0.318 e. The second kappa shape index (κ2) is 5.48. The highest BCUT2D eigenvalue weighted by Crippen LogP contribution is 2.24. The molecule has 2 aromatic rings. The molecule has 0 atom stereocenters. The average Bonchev–Trinajstić information content (AvgIpc) is 2.77. The molecule has 0 radical (unpaired) electrons. The minimum atomic E-state index is -0.647. The van der Waals surface area contributed by atoms with Crippen molar-refractivity contribution in [3.05, 3.63) is 46.5 Å². The van der Waals surface area contributed by atoms with Crippen molar-refractivity contribution in [1.82, 2.24) is 9.78 Å². The third-order valence-electron chi connectivity index (χ3n) is 3.08. The molecule has 0 aliphatic rings. The third-order valence-corrected chi connectivity index (χ3v) is 3.37. The molecule has 1 heterocycles. The quantitative estimate of drug-likeness (QED) is 0.918. The zero-order valence-corrected chi connectivity index (χ0v) is 13.1. The fourth-order valence-corrected chi connectivity index (χ4v) is 2.01. The zero-order chi connectivity index (χ0) is 15.8. The first-order valence-corrected chi connectivity index (χ1v) is 6.88. The van der Waals surface area contributed by atoms with Crippen LogP contribution in [0.5, 0.6) is 0 Å². The van der Waals surface area contributed by atoms with Gasteiger partial charge in [0.1, 0.15) is 5.69 Å². The third kappa shape index (κ3) is 3.24. The van der Waals surface area contributed by atoms with Gasteiger partial charge in [0.05, 0.1) is 16.4 Å². The first-order chi connectivity index (χ1) is 9.70. The number of aryl methyl sites for hydroxylation is 1. The summed E-state index contributed by atoms with van der Waals surface area (Å²) >= 11 is 5.69. The van der Waals surface area contributed by atoms with E-state index in [1.807, 2.05) is 20.8 Å². The van der Waals surface area contributed by atoms with E-state index in [1.54, 1.807) is 19.2 Å². The number of carbonyl (C=O) groups is 1. The number of hydrogen-bond donors (Lipinski definition) is 1. The number of carbonyl (C=O) groups excluding carboxylic acids is 1. The van der Waals surface area contributed by atoms with Crippen LogP contribution in [0.1, 0.15) is 37.0 Å². The summed E-state index contributed by atoms with van der Waals surface area (Å²) in [5.74, 6) is -1.08. The van der Waals surface area contributed by atoms with Crippen molar-refractivity contribution in [1.29, 1.82) is 0 Å². The van der Waals surface area contributed by atoms with Gasteiger partial charge in [-0.1, -0.05) is 38.4 Å². The Labute approximate surface area is 127 Å². The Balaban J connectivity index is 2.29. The Bertz CT molecular complexity index is 689. The Hall–Kier alpha value is -1.88. The normalized spacial score (nSPS) is 11.5. The zero-order valence-electron chi connectivity index (χ0n) is 12.4. The Morgan fingerprint density at radius 3 is 2.62 bits per heavy atom. The Morgan fingerprint density at radius 2 is 2.05 bits per heavy atom. The first-order valence-electron chi connectivity index (χ1n) is 6.50. The predicted molar refractivity (Wildman–Crippen MR) is 81.3 cm³/mol. The maximum Gasteiger partial charge on any atom is 0.274 e. The van der Waals surface area contributed by atoms with Gasteiger partial charge in [-0.15, -0.1) is 0 Å². The molecule has 0 spiro atoms. The monoisotopic (exact) mass is 309 g/mol. The Kier molecular flexibility index (Phi) is 4.05. The summed E-state index contributed by atoms with van der Waals surface area (Å²) in [6, 6.07) is 6.16. The van der Waals surface area contributed by atoms with Crippen molar-refractivity contribution in [3.63, 3.8) is 0 Å². The topological polar surface area (TPSA) is 46.9 Å². The number of aromatic nitrogens is 2. The van der Waals surface area contributed by atoms with E-state index >= 15 is 0 Å². The number of halogens is 2. The van der Waals surface area contributed by atoms with Crippen LogP contribution in [-0.2, 0) is 12.5 Å².